The maximum absolute atomic E-state index is 4.82. The maximum Gasteiger partial charge on any atom is 0.133 e. The minimum Gasteiger partial charge on any atom is -0.355 e. The molecule has 1 atom stereocenters. The van der Waals surface area contributed by atoms with Crippen molar-refractivity contribution in [1.82, 2.24) is 14.9 Å². The van der Waals surface area contributed by atoms with Crippen LogP contribution in [0.4, 0.5) is 5.82 Å². The Morgan fingerprint density at radius 2 is 2.12 bits per heavy atom. The van der Waals surface area contributed by atoms with Crippen LogP contribution in [0.3, 0.4) is 0 Å². The lowest BCUT2D eigenvalue weighted by Crippen LogP contribution is -2.46. The second-order valence-electron chi connectivity index (χ2n) is 7.32. The van der Waals surface area contributed by atoms with Crippen molar-refractivity contribution in [3.63, 3.8) is 0 Å². The van der Waals surface area contributed by atoms with Gasteiger partial charge in [-0.15, -0.1) is 0 Å². The van der Waals surface area contributed by atoms with Crippen molar-refractivity contribution in [2.24, 2.45) is 0 Å². The molecule has 0 bridgehead atoms. The average Bonchev–Trinajstić information content (AvgIpc) is 3.47. The number of anilines is 1. The van der Waals surface area contributed by atoms with Gasteiger partial charge in [-0.1, -0.05) is 28.1 Å². The van der Waals surface area contributed by atoms with Gasteiger partial charge in [0, 0.05) is 42.8 Å². The van der Waals surface area contributed by atoms with E-state index in [1.165, 1.54) is 37.8 Å². The summed E-state index contributed by atoms with van der Waals surface area (Å²) < 4.78 is 1.16. The second-order valence-corrected chi connectivity index (χ2v) is 8.23. The van der Waals surface area contributed by atoms with Crippen LogP contribution in [-0.4, -0.2) is 41.0 Å². The topological polar surface area (TPSA) is 32.3 Å². The number of aromatic nitrogens is 2. The molecule has 2 fully saturated rings. The quantitative estimate of drug-likeness (QED) is 0.751. The predicted molar refractivity (Wildman–Crippen MR) is 105 cm³/mol. The van der Waals surface area contributed by atoms with Gasteiger partial charge in [-0.05, 0) is 56.0 Å². The van der Waals surface area contributed by atoms with Crippen molar-refractivity contribution in [3.05, 3.63) is 52.4 Å². The van der Waals surface area contributed by atoms with Crippen LogP contribution in [0.5, 0.6) is 0 Å². The first-order valence-corrected chi connectivity index (χ1v) is 10.0. The number of hydrogen-bond acceptors (Lipinski definition) is 4. The van der Waals surface area contributed by atoms with Gasteiger partial charge in [-0.3, -0.25) is 4.90 Å². The Morgan fingerprint density at radius 3 is 2.92 bits per heavy atom. The third-order valence-corrected chi connectivity index (χ3v) is 5.78. The van der Waals surface area contributed by atoms with Crippen molar-refractivity contribution in [3.8, 4) is 0 Å². The first-order valence-electron chi connectivity index (χ1n) is 9.21. The number of halogens is 1. The minimum absolute atomic E-state index is 0.517. The largest absolute Gasteiger partial charge is 0.355 e. The molecule has 2 aromatic rings. The summed E-state index contributed by atoms with van der Waals surface area (Å²) in [6.07, 6.45) is 6.89. The van der Waals surface area contributed by atoms with E-state index in [2.05, 4.69) is 68.1 Å². The van der Waals surface area contributed by atoms with Gasteiger partial charge in [0.05, 0.1) is 0 Å². The molecule has 5 heteroatoms. The van der Waals surface area contributed by atoms with E-state index < -0.39 is 0 Å². The fraction of sp³-hybridized carbons (Fsp3) is 0.500. The smallest absolute Gasteiger partial charge is 0.133 e. The summed E-state index contributed by atoms with van der Waals surface area (Å²) in [5.41, 5.74) is 1.37. The zero-order valence-electron chi connectivity index (χ0n) is 14.7. The van der Waals surface area contributed by atoms with Gasteiger partial charge in [0.25, 0.3) is 0 Å². The van der Waals surface area contributed by atoms with Gasteiger partial charge in [0.2, 0.25) is 0 Å². The van der Waals surface area contributed by atoms with Crippen LogP contribution in [0.25, 0.3) is 0 Å². The third kappa shape index (κ3) is 4.21. The number of piperidine rings is 1. The molecule has 0 amide bonds. The summed E-state index contributed by atoms with van der Waals surface area (Å²) in [4.78, 5) is 14.2. The first kappa shape index (κ1) is 17.0. The normalized spacial score (nSPS) is 21.3. The van der Waals surface area contributed by atoms with Crippen LogP contribution < -0.4 is 4.90 Å². The second kappa shape index (κ2) is 7.42. The Hall–Kier alpha value is -1.46. The van der Waals surface area contributed by atoms with Gasteiger partial charge in [0.15, 0.2) is 0 Å². The number of hydrogen-bond donors (Lipinski definition) is 0. The number of likely N-dealkylation sites (N-methyl/N-ethyl adjacent to an activating group) is 1. The highest BCUT2D eigenvalue weighted by molar-refractivity contribution is 9.10. The highest BCUT2D eigenvalue weighted by Gasteiger charge is 2.28. The van der Waals surface area contributed by atoms with Crippen LogP contribution in [0, 0.1) is 0 Å². The van der Waals surface area contributed by atoms with Gasteiger partial charge >= 0.3 is 0 Å². The molecule has 4 nitrogen and oxygen atoms in total. The van der Waals surface area contributed by atoms with Crippen molar-refractivity contribution in [1.29, 1.82) is 0 Å². The Labute approximate surface area is 158 Å². The maximum atomic E-state index is 4.82. The van der Waals surface area contributed by atoms with Gasteiger partial charge in [0.1, 0.15) is 11.6 Å². The molecule has 2 heterocycles. The standard InChI is InChI=1S/C20H25BrN4/c1-24(19-9-10-22-20(23-19)16-7-8-16)18-6-3-11-25(14-18)13-15-4-2-5-17(21)12-15/h2,4-5,9-10,12,16,18H,3,6-8,11,13-14H2,1H3. The summed E-state index contributed by atoms with van der Waals surface area (Å²) >= 11 is 3.58. The lowest BCUT2D eigenvalue weighted by molar-refractivity contribution is 0.198. The summed E-state index contributed by atoms with van der Waals surface area (Å²) in [5.74, 6) is 2.71. The van der Waals surface area contributed by atoms with Crippen LogP contribution in [0.15, 0.2) is 41.0 Å². The van der Waals surface area contributed by atoms with Crippen molar-refractivity contribution >= 4 is 21.7 Å². The van der Waals surface area contributed by atoms with E-state index in [0.29, 0.717) is 12.0 Å². The van der Waals surface area contributed by atoms with E-state index in [4.69, 9.17) is 4.98 Å². The fourth-order valence-corrected chi connectivity index (χ4v) is 4.12. The SMILES string of the molecule is CN(c1ccnc(C2CC2)n1)C1CCCN(Cc2cccc(Br)c2)C1. The van der Waals surface area contributed by atoms with E-state index >= 15 is 0 Å². The van der Waals surface area contributed by atoms with E-state index in [0.717, 1.165) is 29.2 Å². The fourth-order valence-electron chi connectivity index (χ4n) is 3.67. The highest BCUT2D eigenvalue weighted by atomic mass is 79.9. The molecule has 1 aromatic carbocycles. The molecule has 0 spiro atoms. The Morgan fingerprint density at radius 1 is 1.24 bits per heavy atom. The molecule has 1 aliphatic carbocycles. The van der Waals surface area contributed by atoms with E-state index in [9.17, 15) is 0 Å². The Balaban J connectivity index is 1.42. The lowest BCUT2D eigenvalue weighted by Gasteiger charge is -2.38. The monoisotopic (exact) mass is 400 g/mol. The molecule has 4 rings (SSSR count). The summed E-state index contributed by atoms with van der Waals surface area (Å²) in [7, 11) is 2.19. The Bertz CT molecular complexity index is 731. The molecular formula is C20H25BrN4. The summed E-state index contributed by atoms with van der Waals surface area (Å²) in [6.45, 7) is 3.28. The van der Waals surface area contributed by atoms with Crippen molar-refractivity contribution < 1.29 is 0 Å². The van der Waals surface area contributed by atoms with Gasteiger partial charge < -0.3 is 4.90 Å². The van der Waals surface area contributed by atoms with E-state index in [1.54, 1.807) is 0 Å². The zero-order valence-corrected chi connectivity index (χ0v) is 16.3. The molecule has 1 saturated heterocycles. The highest BCUT2D eigenvalue weighted by Crippen LogP contribution is 2.38. The zero-order chi connectivity index (χ0) is 17.2. The molecule has 1 saturated carbocycles. The van der Waals surface area contributed by atoms with Crippen molar-refractivity contribution in [2.45, 2.75) is 44.2 Å². The number of rotatable bonds is 5. The molecule has 1 aliphatic heterocycles. The minimum atomic E-state index is 0.517. The third-order valence-electron chi connectivity index (χ3n) is 5.29. The van der Waals surface area contributed by atoms with E-state index in [-0.39, 0.29) is 0 Å². The molecule has 0 N–H and O–H groups in total. The lowest BCUT2D eigenvalue weighted by atomic mass is 10.0. The van der Waals surface area contributed by atoms with Crippen LogP contribution in [-0.2, 0) is 6.54 Å². The van der Waals surface area contributed by atoms with Crippen LogP contribution >= 0.6 is 15.9 Å². The summed E-state index contributed by atoms with van der Waals surface area (Å²) in [5, 5.41) is 0. The van der Waals surface area contributed by atoms with Gasteiger partial charge in [-0.2, -0.15) is 0 Å². The van der Waals surface area contributed by atoms with Crippen LogP contribution in [0.1, 0.15) is 43.0 Å². The predicted octanol–water partition coefficient (Wildman–Crippen LogP) is 4.22. The molecule has 2 aliphatic rings. The molecule has 1 aromatic heterocycles. The molecule has 1 unspecified atom stereocenters. The number of likely N-dealkylation sites (tertiary alicyclic amines) is 1. The molecular weight excluding hydrogens is 376 g/mol. The van der Waals surface area contributed by atoms with Crippen LogP contribution in [0.2, 0.25) is 0 Å². The molecule has 25 heavy (non-hydrogen) atoms. The first-order chi connectivity index (χ1) is 12.2. The summed E-state index contributed by atoms with van der Waals surface area (Å²) in [6, 6.07) is 11.2. The number of benzene rings is 1. The molecule has 0 radical (unpaired) electrons. The van der Waals surface area contributed by atoms with E-state index in [1.807, 2.05) is 6.20 Å². The van der Waals surface area contributed by atoms with Gasteiger partial charge in [-0.25, -0.2) is 9.97 Å². The number of nitrogens with zero attached hydrogens (tertiary/aromatic N) is 4. The Kier molecular flexibility index (Phi) is 5.04. The molecule has 132 valence electrons. The van der Waals surface area contributed by atoms with Crippen molar-refractivity contribution in [2.75, 3.05) is 25.0 Å². The average molecular weight is 401 g/mol.